The minimum Gasteiger partial charge on any atom is -0.508 e. The smallest absolute Gasteiger partial charge is 0.237 e. The second-order valence-corrected chi connectivity index (χ2v) is 7.41. The van der Waals surface area contributed by atoms with Gasteiger partial charge >= 0.3 is 0 Å². The third-order valence-electron chi connectivity index (χ3n) is 5.66. The Labute approximate surface area is 151 Å². The van der Waals surface area contributed by atoms with Crippen molar-refractivity contribution in [3.8, 4) is 5.75 Å². The Bertz CT molecular complexity index is 545. The maximum atomic E-state index is 12.6. The van der Waals surface area contributed by atoms with Gasteiger partial charge in [0.25, 0.3) is 0 Å². The quantitative estimate of drug-likeness (QED) is 0.824. The molecule has 1 heterocycles. The Hall–Kier alpha value is -1.75. The van der Waals surface area contributed by atoms with E-state index in [0.29, 0.717) is 11.8 Å². The number of anilines is 1. The van der Waals surface area contributed by atoms with E-state index < -0.39 is 0 Å². The molecule has 1 aromatic carbocycles. The van der Waals surface area contributed by atoms with Crippen molar-refractivity contribution in [2.24, 2.45) is 0 Å². The molecule has 5 nitrogen and oxygen atoms in total. The first-order chi connectivity index (χ1) is 12.1. The molecule has 1 saturated carbocycles. The van der Waals surface area contributed by atoms with E-state index in [1.54, 1.807) is 12.1 Å². The fourth-order valence-corrected chi connectivity index (χ4v) is 3.94. The number of hydrogen-bond acceptors (Lipinski definition) is 4. The molecule has 1 aromatic rings. The highest BCUT2D eigenvalue weighted by atomic mass is 16.3. The molecule has 2 aliphatic rings. The summed E-state index contributed by atoms with van der Waals surface area (Å²) in [6.45, 7) is 5.63. The van der Waals surface area contributed by atoms with E-state index in [9.17, 15) is 9.90 Å². The summed E-state index contributed by atoms with van der Waals surface area (Å²) < 4.78 is 0. The van der Waals surface area contributed by atoms with E-state index in [1.807, 2.05) is 19.1 Å². The number of benzene rings is 1. The molecule has 25 heavy (non-hydrogen) atoms. The van der Waals surface area contributed by atoms with Crippen molar-refractivity contribution in [2.75, 3.05) is 31.1 Å². The zero-order valence-corrected chi connectivity index (χ0v) is 15.3. The van der Waals surface area contributed by atoms with Crippen LogP contribution in [0.3, 0.4) is 0 Å². The molecule has 1 saturated heterocycles. The summed E-state index contributed by atoms with van der Waals surface area (Å²) >= 11 is 0. The van der Waals surface area contributed by atoms with Gasteiger partial charge in [-0.3, -0.25) is 9.69 Å². The van der Waals surface area contributed by atoms with Crippen molar-refractivity contribution in [3.63, 3.8) is 0 Å². The van der Waals surface area contributed by atoms with Crippen molar-refractivity contribution < 1.29 is 9.90 Å². The van der Waals surface area contributed by atoms with Crippen LogP contribution in [0.5, 0.6) is 5.75 Å². The molecule has 0 spiro atoms. The van der Waals surface area contributed by atoms with Gasteiger partial charge in [0.1, 0.15) is 5.75 Å². The van der Waals surface area contributed by atoms with E-state index in [4.69, 9.17) is 0 Å². The topological polar surface area (TPSA) is 55.8 Å². The van der Waals surface area contributed by atoms with Gasteiger partial charge in [-0.05, 0) is 44.0 Å². The van der Waals surface area contributed by atoms with Gasteiger partial charge in [-0.1, -0.05) is 25.7 Å². The lowest BCUT2D eigenvalue weighted by Crippen LogP contribution is -2.55. The van der Waals surface area contributed by atoms with Crippen LogP contribution >= 0.6 is 0 Å². The summed E-state index contributed by atoms with van der Waals surface area (Å²) in [5.74, 6) is 0.483. The van der Waals surface area contributed by atoms with Crippen LogP contribution in [0.2, 0.25) is 0 Å². The fraction of sp³-hybridized carbons (Fsp3) is 0.650. The Morgan fingerprint density at radius 1 is 1.04 bits per heavy atom. The van der Waals surface area contributed by atoms with Gasteiger partial charge in [0.05, 0.1) is 6.04 Å². The molecule has 0 unspecified atom stereocenters. The zero-order chi connectivity index (χ0) is 17.6. The van der Waals surface area contributed by atoms with E-state index in [-0.39, 0.29) is 11.9 Å². The van der Waals surface area contributed by atoms with Gasteiger partial charge < -0.3 is 15.3 Å². The number of amides is 1. The van der Waals surface area contributed by atoms with E-state index in [2.05, 4.69) is 15.1 Å². The van der Waals surface area contributed by atoms with E-state index in [1.165, 1.54) is 25.7 Å². The van der Waals surface area contributed by atoms with Gasteiger partial charge in [-0.15, -0.1) is 0 Å². The minimum absolute atomic E-state index is 0.0646. The second-order valence-electron chi connectivity index (χ2n) is 7.41. The number of carbonyl (C=O) groups is 1. The monoisotopic (exact) mass is 345 g/mol. The van der Waals surface area contributed by atoms with Gasteiger partial charge in [0.2, 0.25) is 5.91 Å². The van der Waals surface area contributed by atoms with Crippen LogP contribution in [-0.4, -0.2) is 54.2 Å². The van der Waals surface area contributed by atoms with Crippen LogP contribution in [-0.2, 0) is 4.79 Å². The zero-order valence-electron chi connectivity index (χ0n) is 15.3. The Morgan fingerprint density at radius 2 is 1.64 bits per heavy atom. The average molecular weight is 345 g/mol. The van der Waals surface area contributed by atoms with Crippen LogP contribution in [0.25, 0.3) is 0 Å². The molecule has 0 bridgehead atoms. The van der Waals surface area contributed by atoms with Crippen molar-refractivity contribution in [3.05, 3.63) is 24.3 Å². The predicted octanol–water partition coefficient (Wildman–Crippen LogP) is 2.74. The first-order valence-electron chi connectivity index (χ1n) is 9.72. The van der Waals surface area contributed by atoms with Crippen LogP contribution in [0.4, 0.5) is 5.69 Å². The second kappa shape index (κ2) is 8.56. The Kier molecular flexibility index (Phi) is 6.19. The molecular formula is C20H31N3O2. The molecule has 0 aromatic heterocycles. The third-order valence-corrected chi connectivity index (χ3v) is 5.66. The molecule has 2 N–H and O–H groups in total. The summed E-state index contributed by atoms with van der Waals surface area (Å²) in [7, 11) is 0. The highest BCUT2D eigenvalue weighted by molar-refractivity contribution is 5.81. The molecule has 1 aliphatic heterocycles. The van der Waals surface area contributed by atoms with E-state index >= 15 is 0 Å². The number of phenolic OH excluding ortho intramolecular Hbond substituents is 1. The van der Waals surface area contributed by atoms with Gasteiger partial charge in [0, 0.05) is 37.9 Å². The largest absolute Gasteiger partial charge is 0.508 e. The molecular weight excluding hydrogens is 314 g/mol. The summed E-state index contributed by atoms with van der Waals surface area (Å²) in [6, 6.07) is 7.66. The number of nitrogens with one attached hydrogen (secondary N) is 1. The molecule has 138 valence electrons. The van der Waals surface area contributed by atoms with Gasteiger partial charge in [0.15, 0.2) is 0 Å². The Balaban J connectivity index is 1.48. The van der Waals surface area contributed by atoms with Crippen LogP contribution < -0.4 is 10.2 Å². The highest BCUT2D eigenvalue weighted by Crippen LogP contribution is 2.21. The van der Waals surface area contributed by atoms with Crippen molar-refractivity contribution in [1.29, 1.82) is 0 Å². The number of nitrogens with zero attached hydrogens (tertiary/aromatic N) is 2. The molecule has 1 amide bonds. The maximum Gasteiger partial charge on any atom is 0.237 e. The normalized spacial score (nSPS) is 21.6. The number of phenols is 1. The minimum atomic E-state index is -0.0646. The lowest BCUT2D eigenvalue weighted by atomic mass is 10.1. The fourth-order valence-electron chi connectivity index (χ4n) is 3.94. The van der Waals surface area contributed by atoms with Crippen LogP contribution in [0, 0.1) is 0 Å². The van der Waals surface area contributed by atoms with Gasteiger partial charge in [-0.25, -0.2) is 0 Å². The molecule has 0 radical (unpaired) electrons. The lowest BCUT2D eigenvalue weighted by molar-refractivity contribution is -0.126. The van der Waals surface area contributed by atoms with Crippen LogP contribution in [0.1, 0.15) is 45.4 Å². The number of rotatable bonds is 4. The predicted molar refractivity (Wildman–Crippen MR) is 101 cm³/mol. The molecule has 1 atom stereocenters. The number of aromatic hydroxyl groups is 1. The summed E-state index contributed by atoms with van der Waals surface area (Å²) in [6.07, 6.45) is 7.36. The van der Waals surface area contributed by atoms with E-state index in [0.717, 1.165) is 44.7 Å². The third kappa shape index (κ3) is 4.88. The van der Waals surface area contributed by atoms with Crippen molar-refractivity contribution >= 4 is 11.6 Å². The summed E-state index contributed by atoms with van der Waals surface area (Å²) in [5.41, 5.74) is 1.13. The summed E-state index contributed by atoms with van der Waals surface area (Å²) in [4.78, 5) is 17.2. The SMILES string of the molecule is C[C@@H](C(=O)NC1CCCCCC1)N1CCN(c2ccc(O)cc2)CC1. The maximum absolute atomic E-state index is 12.6. The average Bonchev–Trinajstić information content (AvgIpc) is 2.90. The van der Waals surface area contributed by atoms with Gasteiger partial charge in [-0.2, -0.15) is 0 Å². The molecule has 2 fully saturated rings. The standard InChI is InChI=1S/C20H31N3O2/c1-16(20(25)21-17-6-4-2-3-5-7-17)22-12-14-23(15-13-22)18-8-10-19(24)11-9-18/h8-11,16-17,24H,2-7,12-15H2,1H3,(H,21,25)/t16-/m0/s1. The first-order valence-corrected chi connectivity index (χ1v) is 9.72. The lowest BCUT2D eigenvalue weighted by Gasteiger charge is -2.38. The van der Waals surface area contributed by atoms with Crippen molar-refractivity contribution in [2.45, 2.75) is 57.5 Å². The number of piperazine rings is 1. The number of hydrogen-bond donors (Lipinski definition) is 2. The molecule has 3 rings (SSSR count). The van der Waals surface area contributed by atoms with Crippen LogP contribution in [0.15, 0.2) is 24.3 Å². The molecule has 1 aliphatic carbocycles. The first kappa shape index (κ1) is 18.1. The summed E-state index contributed by atoms with van der Waals surface area (Å²) in [5, 5.41) is 12.7. The Morgan fingerprint density at radius 3 is 2.24 bits per heavy atom. The van der Waals surface area contributed by atoms with Crippen molar-refractivity contribution in [1.82, 2.24) is 10.2 Å². The highest BCUT2D eigenvalue weighted by Gasteiger charge is 2.27. The molecule has 5 heteroatoms. The number of carbonyl (C=O) groups excluding carboxylic acids is 1.